The van der Waals surface area contributed by atoms with Gasteiger partial charge in [0.15, 0.2) is 0 Å². The Morgan fingerprint density at radius 1 is 0.906 bits per heavy atom. The van der Waals surface area contributed by atoms with Gasteiger partial charge in [-0.25, -0.2) is 9.97 Å². The molecule has 158 valence electrons. The highest BCUT2D eigenvalue weighted by Crippen LogP contribution is 2.40. The molecule has 0 aliphatic heterocycles. The first-order chi connectivity index (χ1) is 15.7. The third kappa shape index (κ3) is 4.31. The summed E-state index contributed by atoms with van der Waals surface area (Å²) in [5.74, 6) is 1.60. The summed E-state index contributed by atoms with van der Waals surface area (Å²) in [6.07, 6.45) is 1.61. The highest BCUT2D eigenvalue weighted by molar-refractivity contribution is 7.19. The first kappa shape index (κ1) is 20.5. The van der Waals surface area contributed by atoms with Crippen LogP contribution in [0.5, 0.6) is 5.75 Å². The largest absolute Gasteiger partial charge is 0.489 e. The van der Waals surface area contributed by atoms with E-state index >= 15 is 0 Å². The van der Waals surface area contributed by atoms with Gasteiger partial charge in [-0.2, -0.15) is 0 Å². The zero-order valence-electron chi connectivity index (χ0n) is 17.4. The maximum atomic E-state index is 5.94. The fraction of sp³-hybridized carbons (Fsp3) is 0.0769. The lowest BCUT2D eigenvalue weighted by atomic mass is 10.0. The van der Waals surface area contributed by atoms with Crippen LogP contribution in [0.25, 0.3) is 21.3 Å². The number of benzene rings is 3. The van der Waals surface area contributed by atoms with E-state index in [4.69, 9.17) is 16.3 Å². The van der Waals surface area contributed by atoms with Crippen molar-refractivity contribution in [3.8, 4) is 16.9 Å². The molecule has 2 aromatic heterocycles. The SMILES string of the molecule is Cc1sc2ncnc(Nc3ccc(OCc4ccc(Cl)cc4)cc3)c2c1-c1ccccc1. The third-order valence-corrected chi connectivity index (χ3v) is 6.43. The Bertz CT molecular complexity index is 1350. The van der Waals surface area contributed by atoms with Crippen LogP contribution in [0, 0.1) is 6.92 Å². The van der Waals surface area contributed by atoms with Crippen molar-refractivity contribution in [2.75, 3.05) is 5.32 Å². The van der Waals surface area contributed by atoms with E-state index in [-0.39, 0.29) is 0 Å². The number of nitrogens with one attached hydrogen (secondary N) is 1. The van der Waals surface area contributed by atoms with Gasteiger partial charge in [-0.3, -0.25) is 0 Å². The van der Waals surface area contributed by atoms with Gasteiger partial charge in [0.2, 0.25) is 0 Å². The number of anilines is 2. The molecule has 0 aliphatic carbocycles. The average Bonchev–Trinajstić information content (AvgIpc) is 3.17. The van der Waals surface area contributed by atoms with Gasteiger partial charge < -0.3 is 10.1 Å². The minimum Gasteiger partial charge on any atom is -0.489 e. The fourth-order valence-electron chi connectivity index (χ4n) is 3.61. The number of fused-ring (bicyclic) bond motifs is 1. The summed E-state index contributed by atoms with van der Waals surface area (Å²) < 4.78 is 5.89. The zero-order valence-corrected chi connectivity index (χ0v) is 19.0. The van der Waals surface area contributed by atoms with Gasteiger partial charge in [-0.15, -0.1) is 11.3 Å². The lowest BCUT2D eigenvalue weighted by Gasteiger charge is -2.11. The monoisotopic (exact) mass is 457 g/mol. The number of hydrogen-bond acceptors (Lipinski definition) is 5. The van der Waals surface area contributed by atoms with E-state index in [0.29, 0.717) is 6.61 Å². The van der Waals surface area contributed by atoms with Gasteiger partial charge in [0.1, 0.15) is 29.3 Å². The van der Waals surface area contributed by atoms with Gasteiger partial charge in [0.25, 0.3) is 0 Å². The highest BCUT2D eigenvalue weighted by Gasteiger charge is 2.16. The fourth-order valence-corrected chi connectivity index (χ4v) is 4.75. The Hall–Kier alpha value is -3.41. The lowest BCUT2D eigenvalue weighted by Crippen LogP contribution is -1.97. The van der Waals surface area contributed by atoms with Crippen LogP contribution in [0.4, 0.5) is 11.5 Å². The maximum Gasteiger partial charge on any atom is 0.143 e. The van der Waals surface area contributed by atoms with Crippen LogP contribution in [-0.4, -0.2) is 9.97 Å². The molecule has 0 radical (unpaired) electrons. The second-order valence-corrected chi connectivity index (χ2v) is 9.01. The minimum absolute atomic E-state index is 0.491. The number of aromatic nitrogens is 2. The molecule has 1 N–H and O–H groups in total. The van der Waals surface area contributed by atoms with Gasteiger partial charge in [-0.05, 0) is 54.4 Å². The van der Waals surface area contributed by atoms with Crippen LogP contribution in [0.1, 0.15) is 10.4 Å². The third-order valence-electron chi connectivity index (χ3n) is 5.16. The summed E-state index contributed by atoms with van der Waals surface area (Å²) in [4.78, 5) is 11.2. The molecular formula is C26H20ClN3OS. The molecule has 0 spiro atoms. The van der Waals surface area contributed by atoms with Crippen molar-refractivity contribution in [1.29, 1.82) is 0 Å². The molecule has 0 bridgehead atoms. The predicted molar refractivity (Wildman–Crippen MR) is 133 cm³/mol. The summed E-state index contributed by atoms with van der Waals surface area (Å²) in [6, 6.07) is 25.9. The van der Waals surface area contributed by atoms with Crippen LogP contribution in [0.2, 0.25) is 5.02 Å². The molecule has 0 atom stereocenters. The van der Waals surface area contributed by atoms with Gasteiger partial charge in [-0.1, -0.05) is 54.1 Å². The van der Waals surface area contributed by atoms with Crippen LogP contribution in [0.15, 0.2) is 85.2 Å². The normalized spacial score (nSPS) is 10.9. The van der Waals surface area contributed by atoms with Crippen LogP contribution in [-0.2, 0) is 6.61 Å². The highest BCUT2D eigenvalue weighted by atomic mass is 35.5. The Morgan fingerprint density at radius 2 is 1.66 bits per heavy atom. The van der Waals surface area contributed by atoms with E-state index < -0.39 is 0 Å². The number of ether oxygens (including phenoxy) is 1. The lowest BCUT2D eigenvalue weighted by molar-refractivity contribution is 0.306. The van der Waals surface area contributed by atoms with E-state index in [9.17, 15) is 0 Å². The number of hydrogen-bond donors (Lipinski definition) is 1. The summed E-state index contributed by atoms with van der Waals surface area (Å²) in [5.41, 5.74) is 4.35. The van der Waals surface area contributed by atoms with E-state index in [2.05, 4.69) is 46.5 Å². The Kier molecular flexibility index (Phi) is 5.75. The number of nitrogens with zero attached hydrogens (tertiary/aromatic N) is 2. The second-order valence-electron chi connectivity index (χ2n) is 7.37. The second kappa shape index (κ2) is 8.99. The molecular weight excluding hydrogens is 438 g/mol. The first-order valence-electron chi connectivity index (χ1n) is 10.2. The molecule has 0 fully saturated rings. The minimum atomic E-state index is 0.491. The van der Waals surface area contributed by atoms with Crippen LogP contribution >= 0.6 is 22.9 Å². The number of halogens is 1. The quantitative estimate of drug-likeness (QED) is 0.284. The van der Waals surface area contributed by atoms with Crippen LogP contribution < -0.4 is 10.1 Å². The van der Waals surface area contributed by atoms with Gasteiger partial charge in [0.05, 0.1) is 5.39 Å². The molecule has 6 heteroatoms. The summed E-state index contributed by atoms with van der Waals surface area (Å²) in [7, 11) is 0. The van der Waals surface area contributed by atoms with Crippen molar-refractivity contribution in [3.05, 3.63) is 101 Å². The zero-order chi connectivity index (χ0) is 21.9. The molecule has 3 aromatic carbocycles. The molecule has 2 heterocycles. The van der Waals surface area contributed by atoms with E-state index in [1.54, 1.807) is 17.7 Å². The Balaban J connectivity index is 1.38. The van der Waals surface area contributed by atoms with Gasteiger partial charge >= 0.3 is 0 Å². The molecule has 0 amide bonds. The Morgan fingerprint density at radius 3 is 2.41 bits per heavy atom. The van der Waals surface area contributed by atoms with Crippen molar-refractivity contribution in [2.45, 2.75) is 13.5 Å². The van der Waals surface area contributed by atoms with E-state index in [1.807, 2.05) is 54.6 Å². The molecule has 4 nitrogen and oxygen atoms in total. The Labute approximate surface area is 195 Å². The van der Waals surface area contributed by atoms with Crippen molar-refractivity contribution in [1.82, 2.24) is 9.97 Å². The number of rotatable bonds is 6. The maximum absolute atomic E-state index is 5.94. The summed E-state index contributed by atoms with van der Waals surface area (Å²) in [5, 5.41) is 5.23. The van der Waals surface area contributed by atoms with Gasteiger partial charge in [0, 0.05) is 21.2 Å². The standard InChI is InChI=1S/C26H20ClN3OS/c1-17-23(19-5-3-2-4-6-19)24-25(28-16-29-26(24)32-17)30-21-11-13-22(14-12-21)31-15-18-7-9-20(27)10-8-18/h2-14,16H,15H2,1H3,(H,28,29,30). The van der Waals surface area contributed by atoms with Crippen molar-refractivity contribution < 1.29 is 4.74 Å². The molecule has 0 saturated carbocycles. The number of thiophene rings is 1. The molecule has 0 unspecified atom stereocenters. The molecule has 5 rings (SSSR count). The molecule has 5 aromatic rings. The average molecular weight is 458 g/mol. The topological polar surface area (TPSA) is 47.0 Å². The van der Waals surface area contributed by atoms with Crippen molar-refractivity contribution in [2.24, 2.45) is 0 Å². The first-order valence-corrected chi connectivity index (χ1v) is 11.4. The summed E-state index contributed by atoms with van der Waals surface area (Å²) in [6.45, 7) is 2.62. The molecule has 32 heavy (non-hydrogen) atoms. The van der Waals surface area contributed by atoms with E-state index in [0.717, 1.165) is 38.1 Å². The molecule has 0 saturated heterocycles. The van der Waals surface area contributed by atoms with Crippen LogP contribution in [0.3, 0.4) is 0 Å². The predicted octanol–water partition coefficient (Wildman–Crippen LogP) is 7.64. The van der Waals surface area contributed by atoms with E-state index in [1.165, 1.54) is 16.0 Å². The van der Waals surface area contributed by atoms with Crippen molar-refractivity contribution >= 4 is 44.7 Å². The number of aryl methyl sites for hydroxylation is 1. The summed E-state index contributed by atoms with van der Waals surface area (Å²) >= 11 is 7.63. The van der Waals surface area contributed by atoms with Crippen molar-refractivity contribution in [3.63, 3.8) is 0 Å². The molecule has 0 aliphatic rings. The smallest absolute Gasteiger partial charge is 0.143 e.